The third kappa shape index (κ3) is 2.31. The van der Waals surface area contributed by atoms with Crippen LogP contribution in [0.15, 0.2) is 46.7 Å². The number of nitro groups is 1. The second-order valence-corrected chi connectivity index (χ2v) is 5.40. The van der Waals surface area contributed by atoms with Gasteiger partial charge in [0.2, 0.25) is 5.82 Å². The van der Waals surface area contributed by atoms with Crippen LogP contribution in [0, 0.1) is 15.9 Å². The van der Waals surface area contributed by atoms with Crippen molar-refractivity contribution in [3.8, 4) is 0 Å². The monoisotopic (exact) mass is 304 g/mol. The van der Waals surface area contributed by atoms with E-state index in [2.05, 4.69) is 0 Å². The van der Waals surface area contributed by atoms with Crippen LogP contribution in [0.3, 0.4) is 0 Å². The summed E-state index contributed by atoms with van der Waals surface area (Å²) in [5, 5.41) is 13.1. The molecule has 0 atom stereocenters. The van der Waals surface area contributed by atoms with E-state index in [-0.39, 0.29) is 17.7 Å². The molecule has 0 radical (unpaired) electrons. The molecule has 3 rings (SSSR count). The molecule has 0 saturated carbocycles. The van der Waals surface area contributed by atoms with Crippen molar-refractivity contribution in [2.24, 2.45) is 0 Å². The van der Waals surface area contributed by atoms with Crippen LogP contribution in [0.4, 0.5) is 10.1 Å². The topological polar surface area (TPSA) is 65.1 Å². The number of nitrogens with zero attached hydrogens (tertiary/aromatic N) is 2. The largest absolute Gasteiger partial charge is 0.310 e. The van der Waals surface area contributed by atoms with Gasteiger partial charge >= 0.3 is 5.69 Å². The van der Waals surface area contributed by atoms with Crippen LogP contribution in [-0.2, 0) is 6.54 Å². The van der Waals surface area contributed by atoms with Gasteiger partial charge in [-0.2, -0.15) is 4.39 Å². The highest BCUT2D eigenvalue weighted by Crippen LogP contribution is 2.21. The molecule has 0 spiro atoms. The maximum Gasteiger partial charge on any atom is 0.305 e. The number of aromatic nitrogens is 1. The lowest BCUT2D eigenvalue weighted by Gasteiger charge is -2.07. The number of nitro benzene ring substituents is 1. The van der Waals surface area contributed by atoms with Gasteiger partial charge in [0.05, 0.1) is 16.9 Å². The lowest BCUT2D eigenvalue weighted by atomic mass is 10.2. The predicted molar refractivity (Wildman–Crippen MR) is 78.2 cm³/mol. The summed E-state index contributed by atoms with van der Waals surface area (Å²) in [6, 6.07) is 7.43. The Kier molecular flexibility index (Phi) is 3.26. The van der Waals surface area contributed by atoms with Crippen molar-refractivity contribution in [3.05, 3.63) is 73.8 Å². The van der Waals surface area contributed by atoms with Crippen LogP contribution in [0.25, 0.3) is 10.1 Å². The minimum absolute atomic E-state index is 0.0435. The summed E-state index contributed by atoms with van der Waals surface area (Å²) < 4.78 is 16.2. The molecule has 0 aliphatic carbocycles. The van der Waals surface area contributed by atoms with Crippen molar-refractivity contribution in [2.75, 3.05) is 0 Å². The van der Waals surface area contributed by atoms with E-state index in [1.54, 1.807) is 18.3 Å². The quantitative estimate of drug-likeness (QED) is 0.551. The zero-order chi connectivity index (χ0) is 15.0. The predicted octanol–water partition coefficient (Wildman–Crippen LogP) is 3.16. The number of hydrogen-bond donors (Lipinski definition) is 0. The highest BCUT2D eigenvalue weighted by molar-refractivity contribution is 7.17. The Bertz CT molecular complexity index is 901. The molecule has 0 saturated heterocycles. The Morgan fingerprint density at radius 2 is 2.10 bits per heavy atom. The zero-order valence-electron chi connectivity index (χ0n) is 10.7. The SMILES string of the molecule is O=c1c2ccsc2ccn1Cc1cccc([N+](=O)[O-])c1F. The number of fused-ring (bicyclic) bond motifs is 1. The standard InChI is InChI=1S/C14H9FN2O3S/c15-13-9(2-1-3-11(13)17(19)20)8-16-6-4-12-10(14(16)18)5-7-21-12/h1-7H,8H2. The zero-order valence-corrected chi connectivity index (χ0v) is 11.5. The molecular weight excluding hydrogens is 295 g/mol. The van der Waals surface area contributed by atoms with Gasteiger partial charge in [-0.05, 0) is 17.5 Å². The Hall–Kier alpha value is -2.54. The summed E-state index contributed by atoms with van der Waals surface area (Å²) >= 11 is 1.45. The van der Waals surface area contributed by atoms with E-state index in [9.17, 15) is 19.3 Å². The normalized spacial score (nSPS) is 10.9. The third-order valence-corrected chi connectivity index (χ3v) is 4.07. The van der Waals surface area contributed by atoms with Crippen molar-refractivity contribution in [1.29, 1.82) is 0 Å². The molecule has 0 aliphatic rings. The average molecular weight is 304 g/mol. The smallest absolute Gasteiger partial charge is 0.305 e. The van der Waals surface area contributed by atoms with Crippen molar-refractivity contribution >= 4 is 27.1 Å². The molecule has 0 amide bonds. The van der Waals surface area contributed by atoms with E-state index in [0.29, 0.717) is 5.39 Å². The summed E-state index contributed by atoms with van der Waals surface area (Å²) in [6.45, 7) is -0.0435. The maximum absolute atomic E-state index is 14.0. The van der Waals surface area contributed by atoms with Gasteiger partial charge in [-0.25, -0.2) is 0 Å². The summed E-state index contributed by atoms with van der Waals surface area (Å²) in [5.41, 5.74) is -0.710. The number of rotatable bonds is 3. The Morgan fingerprint density at radius 1 is 1.29 bits per heavy atom. The molecule has 5 nitrogen and oxygen atoms in total. The van der Waals surface area contributed by atoms with E-state index in [0.717, 1.165) is 10.8 Å². The number of halogens is 1. The molecule has 0 fully saturated rings. The first-order chi connectivity index (χ1) is 10.1. The molecule has 7 heteroatoms. The van der Waals surface area contributed by atoms with Crippen LogP contribution in [0.1, 0.15) is 5.56 Å². The first-order valence-corrected chi connectivity index (χ1v) is 6.94. The van der Waals surface area contributed by atoms with Gasteiger partial charge in [-0.15, -0.1) is 11.3 Å². The van der Waals surface area contributed by atoms with E-state index in [1.807, 2.05) is 5.38 Å². The summed E-state index contributed by atoms with van der Waals surface area (Å²) in [6.07, 6.45) is 1.57. The van der Waals surface area contributed by atoms with Gasteiger partial charge < -0.3 is 4.57 Å². The molecule has 2 heterocycles. The van der Waals surface area contributed by atoms with Gasteiger partial charge in [0.1, 0.15) is 0 Å². The van der Waals surface area contributed by atoms with Crippen LogP contribution in [0.5, 0.6) is 0 Å². The van der Waals surface area contributed by atoms with Crippen molar-refractivity contribution in [3.63, 3.8) is 0 Å². The van der Waals surface area contributed by atoms with Gasteiger partial charge in [0.25, 0.3) is 5.56 Å². The number of pyridine rings is 1. The van der Waals surface area contributed by atoms with E-state index in [4.69, 9.17) is 0 Å². The molecule has 0 bridgehead atoms. The fourth-order valence-corrected chi connectivity index (χ4v) is 2.92. The van der Waals surface area contributed by atoms with Gasteiger partial charge in [-0.3, -0.25) is 14.9 Å². The summed E-state index contributed by atoms with van der Waals surface area (Å²) in [4.78, 5) is 22.2. The first kappa shape index (κ1) is 13.4. The average Bonchev–Trinajstić information content (AvgIpc) is 2.93. The van der Waals surface area contributed by atoms with Gasteiger partial charge in [0, 0.05) is 22.5 Å². The second-order valence-electron chi connectivity index (χ2n) is 4.45. The number of hydrogen-bond acceptors (Lipinski definition) is 4. The van der Waals surface area contributed by atoms with Crippen LogP contribution < -0.4 is 5.56 Å². The minimum atomic E-state index is -0.903. The molecule has 21 heavy (non-hydrogen) atoms. The number of thiophene rings is 1. The van der Waals surface area contributed by atoms with E-state index >= 15 is 0 Å². The lowest BCUT2D eigenvalue weighted by Crippen LogP contribution is -2.20. The molecule has 1 aromatic carbocycles. The molecule has 3 aromatic rings. The second kappa shape index (κ2) is 5.10. The molecule has 106 valence electrons. The highest BCUT2D eigenvalue weighted by Gasteiger charge is 2.17. The fraction of sp³-hybridized carbons (Fsp3) is 0.0714. The van der Waals surface area contributed by atoms with Crippen molar-refractivity contribution in [1.82, 2.24) is 4.57 Å². The van der Waals surface area contributed by atoms with Crippen LogP contribution in [0.2, 0.25) is 0 Å². The molecular formula is C14H9FN2O3S. The van der Waals surface area contributed by atoms with Crippen LogP contribution in [-0.4, -0.2) is 9.49 Å². The first-order valence-electron chi connectivity index (χ1n) is 6.06. The maximum atomic E-state index is 14.0. The fourth-order valence-electron chi connectivity index (χ4n) is 2.14. The Morgan fingerprint density at radius 3 is 2.86 bits per heavy atom. The molecule has 2 aromatic heterocycles. The third-order valence-electron chi connectivity index (χ3n) is 3.19. The van der Waals surface area contributed by atoms with E-state index in [1.165, 1.54) is 28.0 Å². The van der Waals surface area contributed by atoms with Gasteiger partial charge in [0.15, 0.2) is 0 Å². The van der Waals surface area contributed by atoms with Crippen molar-refractivity contribution < 1.29 is 9.31 Å². The minimum Gasteiger partial charge on any atom is -0.310 e. The van der Waals surface area contributed by atoms with Crippen molar-refractivity contribution in [2.45, 2.75) is 6.54 Å². The molecule has 0 unspecified atom stereocenters. The molecule has 0 aliphatic heterocycles. The summed E-state index contributed by atoms with van der Waals surface area (Å²) in [7, 11) is 0. The molecule has 0 N–H and O–H groups in total. The lowest BCUT2D eigenvalue weighted by molar-refractivity contribution is -0.387. The van der Waals surface area contributed by atoms with Gasteiger partial charge in [-0.1, -0.05) is 12.1 Å². The summed E-state index contributed by atoms with van der Waals surface area (Å²) in [5.74, 6) is -0.903. The highest BCUT2D eigenvalue weighted by atomic mass is 32.1. The van der Waals surface area contributed by atoms with Crippen LogP contribution >= 0.6 is 11.3 Å². The van der Waals surface area contributed by atoms with E-state index < -0.39 is 16.4 Å². The Balaban J connectivity index is 2.07. The number of benzene rings is 1. The Labute approximate surface area is 122 Å².